The molecule has 0 aromatic heterocycles. The molecule has 4 nitrogen and oxygen atoms in total. The van der Waals surface area contributed by atoms with Crippen molar-refractivity contribution in [2.24, 2.45) is 5.73 Å². The maximum Gasteiger partial charge on any atom is 0.315 e. The number of thioether (sulfide) groups is 1. The number of rotatable bonds is 4. The van der Waals surface area contributed by atoms with Crippen LogP contribution in [0.25, 0.3) is 0 Å². The van der Waals surface area contributed by atoms with Gasteiger partial charge in [0.1, 0.15) is 0 Å². The molecule has 0 radical (unpaired) electrons. The van der Waals surface area contributed by atoms with Crippen LogP contribution in [0.2, 0.25) is 0 Å². The lowest BCUT2D eigenvalue weighted by atomic mass is 10.8. The number of amides is 1. The Hall–Kier alpha value is -0.710. The van der Waals surface area contributed by atoms with Gasteiger partial charge in [-0.05, 0) is 0 Å². The van der Waals surface area contributed by atoms with E-state index >= 15 is 0 Å². The molecule has 0 spiro atoms. The maximum absolute atomic E-state index is 10.4. The minimum absolute atomic E-state index is 0.162. The van der Waals surface area contributed by atoms with Crippen molar-refractivity contribution in [2.45, 2.75) is 0 Å². The highest BCUT2D eigenvalue weighted by Crippen LogP contribution is 1.97. The standard InChI is InChI=1S/C5H9NO3S/c1-9-5(8)3-10-2-4(6)7/h2-3H2,1H3,(H2,6,7). The normalized spacial score (nSPS) is 8.90. The van der Waals surface area contributed by atoms with Gasteiger partial charge in [-0.2, -0.15) is 0 Å². The van der Waals surface area contributed by atoms with Crippen LogP contribution in [0.4, 0.5) is 0 Å². The number of primary amides is 1. The summed E-state index contributed by atoms with van der Waals surface area (Å²) in [5, 5.41) is 0. The molecule has 0 bridgehead atoms. The van der Waals surface area contributed by atoms with Crippen LogP contribution in [-0.4, -0.2) is 30.5 Å². The monoisotopic (exact) mass is 163 g/mol. The van der Waals surface area contributed by atoms with Gasteiger partial charge in [-0.1, -0.05) is 0 Å². The van der Waals surface area contributed by atoms with Crippen LogP contribution in [0.5, 0.6) is 0 Å². The second-order valence-corrected chi connectivity index (χ2v) is 2.52. The van der Waals surface area contributed by atoms with Crippen molar-refractivity contribution in [1.29, 1.82) is 0 Å². The van der Waals surface area contributed by atoms with E-state index in [2.05, 4.69) is 4.74 Å². The molecule has 0 aliphatic carbocycles. The summed E-state index contributed by atoms with van der Waals surface area (Å²) in [7, 11) is 1.30. The van der Waals surface area contributed by atoms with E-state index < -0.39 is 5.91 Å². The van der Waals surface area contributed by atoms with Crippen molar-refractivity contribution in [3.63, 3.8) is 0 Å². The fraction of sp³-hybridized carbons (Fsp3) is 0.600. The average Bonchev–Trinajstić information content (AvgIpc) is 1.87. The SMILES string of the molecule is COC(=O)CSCC(N)=O. The molecule has 0 aromatic rings. The van der Waals surface area contributed by atoms with Crippen molar-refractivity contribution in [3.8, 4) is 0 Å². The highest BCUT2D eigenvalue weighted by atomic mass is 32.2. The Morgan fingerprint density at radius 3 is 2.50 bits per heavy atom. The molecule has 0 saturated carbocycles. The van der Waals surface area contributed by atoms with Gasteiger partial charge >= 0.3 is 5.97 Å². The number of ether oxygens (including phenoxy) is 1. The largest absolute Gasteiger partial charge is 0.468 e. The Kier molecular flexibility index (Phi) is 4.74. The Bertz CT molecular complexity index is 137. The summed E-state index contributed by atoms with van der Waals surface area (Å²) < 4.78 is 4.32. The molecule has 0 aromatic carbocycles. The molecule has 1 amide bonds. The van der Waals surface area contributed by atoms with Gasteiger partial charge in [-0.15, -0.1) is 11.8 Å². The Labute approximate surface area is 63.1 Å². The Morgan fingerprint density at radius 1 is 1.50 bits per heavy atom. The summed E-state index contributed by atoms with van der Waals surface area (Å²) >= 11 is 1.14. The Balaban J connectivity index is 3.20. The minimum atomic E-state index is -0.422. The highest BCUT2D eigenvalue weighted by molar-refractivity contribution is 8.00. The van der Waals surface area contributed by atoms with Gasteiger partial charge in [0.2, 0.25) is 5.91 Å². The number of hydrogen-bond acceptors (Lipinski definition) is 4. The van der Waals surface area contributed by atoms with Crippen molar-refractivity contribution in [2.75, 3.05) is 18.6 Å². The molecule has 5 heteroatoms. The van der Waals surface area contributed by atoms with Crippen molar-refractivity contribution in [1.82, 2.24) is 0 Å². The number of methoxy groups -OCH3 is 1. The second kappa shape index (κ2) is 5.10. The number of hydrogen-bond donors (Lipinski definition) is 1. The lowest BCUT2D eigenvalue weighted by Gasteiger charge is -1.95. The smallest absolute Gasteiger partial charge is 0.315 e. The molecule has 0 aliphatic rings. The molecule has 0 fully saturated rings. The third kappa shape index (κ3) is 5.43. The maximum atomic E-state index is 10.4. The zero-order valence-electron chi connectivity index (χ0n) is 5.62. The van der Waals surface area contributed by atoms with Crippen LogP contribution in [0.1, 0.15) is 0 Å². The molecule has 2 N–H and O–H groups in total. The molecule has 0 rings (SSSR count). The molecule has 0 unspecified atom stereocenters. The first-order chi connectivity index (χ1) is 4.66. The zero-order chi connectivity index (χ0) is 7.98. The third-order valence-corrected chi connectivity index (χ3v) is 1.62. The van der Waals surface area contributed by atoms with E-state index in [0.29, 0.717) is 0 Å². The van der Waals surface area contributed by atoms with E-state index in [4.69, 9.17) is 5.73 Å². The third-order valence-electron chi connectivity index (χ3n) is 0.692. The van der Waals surface area contributed by atoms with E-state index in [1.807, 2.05) is 0 Å². The van der Waals surface area contributed by atoms with Crippen molar-refractivity contribution < 1.29 is 14.3 Å². The molecular weight excluding hydrogens is 154 g/mol. The number of carbonyl (C=O) groups excluding carboxylic acids is 2. The number of nitrogens with two attached hydrogens (primary N) is 1. The molecular formula is C5H9NO3S. The van der Waals surface area contributed by atoms with Crippen LogP contribution in [0.3, 0.4) is 0 Å². The predicted octanol–water partition coefficient (Wildman–Crippen LogP) is -0.622. The molecule has 0 heterocycles. The van der Waals surface area contributed by atoms with Gasteiger partial charge < -0.3 is 10.5 Å². The molecule has 58 valence electrons. The summed E-state index contributed by atoms with van der Waals surface area (Å²) in [6, 6.07) is 0. The quantitative estimate of drug-likeness (QED) is 0.561. The lowest BCUT2D eigenvalue weighted by molar-refractivity contribution is -0.137. The average molecular weight is 163 g/mol. The van der Waals surface area contributed by atoms with Crippen molar-refractivity contribution in [3.05, 3.63) is 0 Å². The topological polar surface area (TPSA) is 69.4 Å². The first kappa shape index (κ1) is 9.29. The van der Waals surface area contributed by atoms with Crippen LogP contribution < -0.4 is 5.73 Å². The van der Waals surface area contributed by atoms with Crippen LogP contribution >= 0.6 is 11.8 Å². The van der Waals surface area contributed by atoms with Gasteiger partial charge in [-0.3, -0.25) is 9.59 Å². The van der Waals surface area contributed by atoms with Gasteiger partial charge in [0, 0.05) is 0 Å². The fourth-order valence-corrected chi connectivity index (χ4v) is 0.882. The van der Waals surface area contributed by atoms with E-state index in [1.165, 1.54) is 7.11 Å². The summed E-state index contributed by atoms with van der Waals surface area (Å²) in [4.78, 5) is 20.5. The fourth-order valence-electron chi connectivity index (χ4n) is 0.294. The van der Waals surface area contributed by atoms with Crippen molar-refractivity contribution >= 4 is 23.6 Å². The number of carbonyl (C=O) groups is 2. The molecule has 10 heavy (non-hydrogen) atoms. The van der Waals surface area contributed by atoms with Gasteiger partial charge in [0.05, 0.1) is 18.6 Å². The predicted molar refractivity (Wildman–Crippen MR) is 38.5 cm³/mol. The molecule has 0 atom stereocenters. The van der Waals surface area contributed by atoms with Crippen LogP contribution in [-0.2, 0) is 14.3 Å². The first-order valence-electron chi connectivity index (χ1n) is 2.59. The minimum Gasteiger partial charge on any atom is -0.468 e. The van der Waals surface area contributed by atoms with Gasteiger partial charge in [0.15, 0.2) is 0 Å². The highest BCUT2D eigenvalue weighted by Gasteiger charge is 2.00. The summed E-state index contributed by atoms with van der Waals surface area (Å²) in [6.07, 6.45) is 0. The first-order valence-corrected chi connectivity index (χ1v) is 3.75. The molecule has 0 aliphatic heterocycles. The van der Waals surface area contributed by atoms with E-state index in [-0.39, 0.29) is 17.5 Å². The van der Waals surface area contributed by atoms with Crippen LogP contribution in [0, 0.1) is 0 Å². The zero-order valence-corrected chi connectivity index (χ0v) is 6.44. The second-order valence-electron chi connectivity index (χ2n) is 1.54. The van der Waals surface area contributed by atoms with Crippen LogP contribution in [0.15, 0.2) is 0 Å². The number of esters is 1. The van der Waals surface area contributed by atoms with Gasteiger partial charge in [-0.25, -0.2) is 0 Å². The van der Waals surface area contributed by atoms with E-state index in [0.717, 1.165) is 11.8 Å². The van der Waals surface area contributed by atoms with E-state index in [1.54, 1.807) is 0 Å². The van der Waals surface area contributed by atoms with E-state index in [9.17, 15) is 9.59 Å². The lowest BCUT2D eigenvalue weighted by Crippen LogP contribution is -2.15. The molecule has 0 saturated heterocycles. The van der Waals surface area contributed by atoms with Gasteiger partial charge in [0.25, 0.3) is 0 Å². The summed E-state index contributed by atoms with van der Waals surface area (Å²) in [6.45, 7) is 0. The summed E-state index contributed by atoms with van der Waals surface area (Å²) in [5.74, 6) is -0.422. The Morgan fingerprint density at radius 2 is 2.10 bits per heavy atom. The summed E-state index contributed by atoms with van der Waals surface area (Å²) in [5.41, 5.74) is 4.81.